The molecule has 4 heteroatoms. The minimum absolute atomic E-state index is 0.355. The van der Waals surface area contributed by atoms with Gasteiger partial charge >= 0.3 is 0 Å². The largest absolute Gasteiger partial charge is 0.367 e. The number of hydrogen-bond donors (Lipinski definition) is 1. The maximum Gasteiger partial charge on any atom is 0.146 e. The van der Waals surface area contributed by atoms with E-state index >= 15 is 0 Å². The molecule has 66 valence electrons. The predicted molar refractivity (Wildman–Crippen MR) is 60.7 cm³/mol. The van der Waals surface area contributed by atoms with Crippen molar-refractivity contribution in [3.63, 3.8) is 0 Å². The van der Waals surface area contributed by atoms with Gasteiger partial charge in [0.25, 0.3) is 0 Å². The first-order valence-corrected chi connectivity index (χ1v) is 5.13. The molecule has 0 aliphatic rings. The van der Waals surface area contributed by atoms with E-state index in [9.17, 15) is 0 Å². The Kier molecular flexibility index (Phi) is 3.58. The lowest BCUT2D eigenvalue weighted by molar-refractivity contribution is 0.889. The van der Waals surface area contributed by atoms with Crippen LogP contribution in [0.3, 0.4) is 0 Å². The first-order valence-electron chi connectivity index (χ1n) is 3.68. The molecule has 0 aliphatic heterocycles. The lowest BCUT2D eigenvalue weighted by Crippen LogP contribution is -2.11. The summed E-state index contributed by atoms with van der Waals surface area (Å²) in [5.41, 5.74) is 0. The van der Waals surface area contributed by atoms with Crippen molar-refractivity contribution in [2.45, 2.75) is 19.9 Å². The minimum atomic E-state index is 0.355. The molecule has 1 heterocycles. The van der Waals surface area contributed by atoms with Crippen LogP contribution in [0.15, 0.2) is 12.3 Å². The molecule has 0 unspecified atom stereocenters. The number of nitrogens with one attached hydrogen (secondary N) is 1. The Morgan fingerprint density at radius 1 is 1.58 bits per heavy atom. The van der Waals surface area contributed by atoms with E-state index in [1.54, 1.807) is 6.20 Å². The van der Waals surface area contributed by atoms with E-state index in [4.69, 9.17) is 11.6 Å². The van der Waals surface area contributed by atoms with E-state index in [1.807, 2.05) is 6.07 Å². The molecule has 1 aromatic heterocycles. The van der Waals surface area contributed by atoms with Crippen LogP contribution >= 0.6 is 34.2 Å². The zero-order chi connectivity index (χ0) is 9.14. The number of rotatable bonds is 2. The summed E-state index contributed by atoms with van der Waals surface area (Å²) in [4.78, 5) is 4.13. The van der Waals surface area contributed by atoms with Crippen LogP contribution in [0.25, 0.3) is 0 Å². The molecule has 0 saturated heterocycles. The highest BCUT2D eigenvalue weighted by atomic mass is 127. The molecule has 0 aliphatic carbocycles. The van der Waals surface area contributed by atoms with E-state index in [0.29, 0.717) is 11.1 Å². The Labute approximate surface area is 90.9 Å². The van der Waals surface area contributed by atoms with Crippen molar-refractivity contribution in [3.8, 4) is 0 Å². The molecular formula is C8H10ClIN2. The second-order valence-electron chi connectivity index (χ2n) is 2.75. The molecule has 0 bridgehead atoms. The smallest absolute Gasteiger partial charge is 0.146 e. The maximum absolute atomic E-state index is 6.00. The van der Waals surface area contributed by atoms with E-state index < -0.39 is 0 Å². The van der Waals surface area contributed by atoms with Crippen LogP contribution in [0.1, 0.15) is 13.8 Å². The Bertz CT molecular complexity index is 276. The summed E-state index contributed by atoms with van der Waals surface area (Å²) >= 11 is 8.19. The fraction of sp³-hybridized carbons (Fsp3) is 0.375. The molecule has 2 nitrogen and oxygen atoms in total. The highest BCUT2D eigenvalue weighted by molar-refractivity contribution is 14.1. The lowest BCUT2D eigenvalue weighted by Gasteiger charge is -2.10. The molecule has 0 atom stereocenters. The van der Waals surface area contributed by atoms with Crippen LogP contribution in [0.4, 0.5) is 5.82 Å². The maximum atomic E-state index is 6.00. The van der Waals surface area contributed by atoms with Gasteiger partial charge in [0.05, 0.1) is 5.02 Å². The third-order valence-corrected chi connectivity index (χ3v) is 2.87. The minimum Gasteiger partial charge on any atom is -0.367 e. The summed E-state index contributed by atoms with van der Waals surface area (Å²) in [7, 11) is 0. The van der Waals surface area contributed by atoms with Crippen molar-refractivity contribution >= 4 is 40.0 Å². The fourth-order valence-electron chi connectivity index (χ4n) is 0.794. The highest BCUT2D eigenvalue weighted by Gasteiger charge is 2.05. The van der Waals surface area contributed by atoms with Crippen LogP contribution < -0.4 is 5.32 Å². The predicted octanol–water partition coefficient (Wildman–Crippen LogP) is 3.16. The van der Waals surface area contributed by atoms with Gasteiger partial charge in [-0.2, -0.15) is 0 Å². The molecule has 1 rings (SSSR count). The number of hydrogen-bond acceptors (Lipinski definition) is 2. The summed E-state index contributed by atoms with van der Waals surface area (Å²) in [5, 5.41) is 3.87. The fourth-order valence-corrected chi connectivity index (χ4v) is 1.38. The van der Waals surface area contributed by atoms with E-state index in [0.717, 1.165) is 9.39 Å². The van der Waals surface area contributed by atoms with Crippen molar-refractivity contribution in [3.05, 3.63) is 20.9 Å². The number of pyridine rings is 1. The molecule has 0 saturated carbocycles. The van der Waals surface area contributed by atoms with Gasteiger partial charge in [0.2, 0.25) is 0 Å². The average molecular weight is 297 g/mol. The van der Waals surface area contributed by atoms with Crippen LogP contribution in [-0.4, -0.2) is 11.0 Å². The SMILES string of the molecule is CC(C)Nc1nccc(I)c1Cl. The standard InChI is InChI=1S/C8H10ClIN2/c1-5(2)12-8-7(9)6(10)3-4-11-8/h3-5H,1-2H3,(H,11,12). The topological polar surface area (TPSA) is 24.9 Å². The number of halogens is 2. The van der Waals surface area contributed by atoms with Crippen LogP contribution in [0.2, 0.25) is 5.02 Å². The number of anilines is 1. The van der Waals surface area contributed by atoms with Crippen molar-refractivity contribution in [1.29, 1.82) is 0 Å². The highest BCUT2D eigenvalue weighted by Crippen LogP contribution is 2.24. The Morgan fingerprint density at radius 2 is 2.25 bits per heavy atom. The molecule has 1 aromatic rings. The molecule has 0 fully saturated rings. The third kappa shape index (κ3) is 2.48. The Morgan fingerprint density at radius 3 is 2.83 bits per heavy atom. The summed E-state index contributed by atoms with van der Waals surface area (Å²) in [6.45, 7) is 4.11. The van der Waals surface area contributed by atoms with Gasteiger partial charge in [-0.1, -0.05) is 11.6 Å². The zero-order valence-corrected chi connectivity index (χ0v) is 9.85. The third-order valence-electron chi connectivity index (χ3n) is 1.27. The quantitative estimate of drug-likeness (QED) is 0.848. The van der Waals surface area contributed by atoms with Crippen molar-refractivity contribution in [2.24, 2.45) is 0 Å². The van der Waals surface area contributed by atoms with Crippen molar-refractivity contribution < 1.29 is 0 Å². The summed E-state index contributed by atoms with van der Waals surface area (Å²) < 4.78 is 1.02. The lowest BCUT2D eigenvalue weighted by atomic mass is 10.4. The summed E-state index contributed by atoms with van der Waals surface area (Å²) in [5.74, 6) is 0.763. The molecule has 12 heavy (non-hydrogen) atoms. The van der Waals surface area contributed by atoms with E-state index in [2.05, 4.69) is 46.7 Å². The van der Waals surface area contributed by atoms with Gasteiger partial charge in [0.15, 0.2) is 0 Å². The van der Waals surface area contributed by atoms with Crippen molar-refractivity contribution in [2.75, 3.05) is 5.32 Å². The van der Waals surface area contributed by atoms with Gasteiger partial charge in [-0.05, 0) is 42.5 Å². The van der Waals surface area contributed by atoms with E-state index in [-0.39, 0.29) is 0 Å². The molecule has 0 spiro atoms. The summed E-state index contributed by atoms with van der Waals surface area (Å²) in [6, 6.07) is 2.24. The second kappa shape index (κ2) is 4.28. The van der Waals surface area contributed by atoms with Crippen LogP contribution in [0.5, 0.6) is 0 Å². The molecule has 0 aromatic carbocycles. The van der Waals surface area contributed by atoms with Gasteiger partial charge in [-0.25, -0.2) is 4.98 Å². The van der Waals surface area contributed by atoms with Crippen LogP contribution in [0, 0.1) is 3.57 Å². The van der Waals surface area contributed by atoms with Gasteiger partial charge < -0.3 is 5.32 Å². The first-order chi connectivity index (χ1) is 5.61. The normalized spacial score (nSPS) is 10.4. The van der Waals surface area contributed by atoms with Gasteiger partial charge in [0, 0.05) is 15.8 Å². The Hall–Kier alpha value is -0.0300. The van der Waals surface area contributed by atoms with Crippen LogP contribution in [-0.2, 0) is 0 Å². The first kappa shape index (κ1) is 10.1. The molecule has 0 radical (unpaired) electrons. The molecule has 1 N–H and O–H groups in total. The van der Waals surface area contributed by atoms with E-state index in [1.165, 1.54) is 0 Å². The molecule has 0 amide bonds. The van der Waals surface area contributed by atoms with Crippen molar-refractivity contribution in [1.82, 2.24) is 4.98 Å². The monoisotopic (exact) mass is 296 g/mol. The zero-order valence-electron chi connectivity index (χ0n) is 6.94. The van der Waals surface area contributed by atoms with Gasteiger partial charge in [-0.3, -0.25) is 0 Å². The number of nitrogens with zero attached hydrogens (tertiary/aromatic N) is 1. The van der Waals surface area contributed by atoms with Gasteiger partial charge in [0.1, 0.15) is 5.82 Å². The molecular weight excluding hydrogens is 286 g/mol. The Balaban J connectivity index is 2.92. The second-order valence-corrected chi connectivity index (χ2v) is 4.29. The number of aromatic nitrogens is 1. The van der Waals surface area contributed by atoms with Gasteiger partial charge in [-0.15, -0.1) is 0 Å². The summed E-state index contributed by atoms with van der Waals surface area (Å²) in [6.07, 6.45) is 1.75. The average Bonchev–Trinajstić information content (AvgIpc) is 1.98.